The molecule has 0 aromatic rings. The highest BCUT2D eigenvalue weighted by Crippen LogP contribution is 2.70. The molecule has 70 heavy (non-hydrogen) atoms. The second-order valence-corrected chi connectivity index (χ2v) is 23.5. The van der Waals surface area contributed by atoms with Gasteiger partial charge < -0.3 is 99.2 Å². The first-order valence-electron chi connectivity index (χ1n) is 26.3. The van der Waals surface area contributed by atoms with Gasteiger partial charge in [0.2, 0.25) is 0 Å². The molecule has 402 valence electrons. The average Bonchev–Trinajstić information content (AvgIpc) is 3.96. The molecule has 0 bridgehead atoms. The van der Waals surface area contributed by atoms with Crippen molar-refractivity contribution in [1.82, 2.24) is 4.90 Å². The number of aliphatic hydroxyl groups excluding tert-OH is 12. The molecule has 0 aromatic carbocycles. The number of ether oxygens (including phenoxy) is 8. The summed E-state index contributed by atoms with van der Waals surface area (Å²) < 4.78 is 48.0. The largest absolute Gasteiger partial charge is 0.394 e. The minimum absolute atomic E-state index is 0.153. The van der Waals surface area contributed by atoms with Crippen LogP contribution in [0.2, 0.25) is 0 Å². The highest BCUT2D eigenvalue weighted by Gasteiger charge is 2.66. The Kier molecular flexibility index (Phi) is 15.5. The Morgan fingerprint density at radius 2 is 1.03 bits per heavy atom. The van der Waals surface area contributed by atoms with Gasteiger partial charge in [-0.1, -0.05) is 20.8 Å². The third-order valence-electron chi connectivity index (χ3n) is 20.0. The SMILES string of the molecule is C[C@H]1CC[C@@H]2C[C@H]3[C@H](C[C@H]4[C@@H]5CC[C@H]6C[C@@H](O[C@@H]7O[C@H](CO)[C@H](O[C@@H]8O[C@H](CO)[C@@H](O)[C@H](O[C@@H]9O[C@H](CO)[C@H](O)[C@H]9O)[C@H]8O[C@@H]8O[C@H](CO)[C@@H](O)[C@H](O)[C@H]8O)[C@H](O)[C@H]7O)CC[C@]6(C)[C@H]5CC[C@@]43C)N2C1. The standard InChI is InChI=1S/C49H81NO20/c1-20-4-6-22-13-27-28(50(22)15-20)14-26-24-7-5-21-12-23(8-10-48(21,2)25(24)9-11-49(26,27)3)63-44-40(62)37(59)41(32(19-54)67-44)68-47-43(70-46-39(61)36(58)33(55)29(16-51)64-46)42(35(57)31(18-53)66-47)69-45-38(60)34(56)30(17-52)65-45/h20-47,51-62H,4-19H2,1-3H3/t20-,21-,22+,23-,24+,25-,26-,27-,28-,29+,30+,31+,32+,33+,34-,35+,36-,37+,38+,39+,40+,41-,42-,43+,44+,45-,46-,47-,48-,49-/m0/s1. The van der Waals surface area contributed by atoms with E-state index >= 15 is 0 Å². The molecular formula is C49H81NO20. The van der Waals surface area contributed by atoms with Crippen molar-refractivity contribution in [3.05, 3.63) is 0 Å². The first kappa shape index (κ1) is 52.6. The van der Waals surface area contributed by atoms with Crippen LogP contribution >= 0.6 is 0 Å². The van der Waals surface area contributed by atoms with Gasteiger partial charge in [-0.2, -0.15) is 0 Å². The molecule has 4 aliphatic carbocycles. The van der Waals surface area contributed by atoms with Crippen molar-refractivity contribution >= 4 is 0 Å². The van der Waals surface area contributed by atoms with Crippen LogP contribution in [0.4, 0.5) is 0 Å². The van der Waals surface area contributed by atoms with Gasteiger partial charge in [0.05, 0.1) is 32.5 Å². The molecule has 30 atom stereocenters. The molecule has 10 aliphatic rings. The van der Waals surface area contributed by atoms with Crippen molar-refractivity contribution in [3.63, 3.8) is 0 Å². The zero-order valence-electron chi connectivity index (χ0n) is 40.6. The lowest BCUT2D eigenvalue weighted by Gasteiger charge is -2.61. The van der Waals surface area contributed by atoms with Crippen LogP contribution in [-0.2, 0) is 37.9 Å². The summed E-state index contributed by atoms with van der Waals surface area (Å²) in [6, 6.07) is 1.49. The maximum Gasteiger partial charge on any atom is 0.187 e. The number of nitrogens with zero attached hydrogens (tertiary/aromatic N) is 1. The second kappa shape index (κ2) is 20.6. The summed E-state index contributed by atoms with van der Waals surface area (Å²) in [7, 11) is 0. The van der Waals surface area contributed by atoms with E-state index in [1.54, 1.807) is 0 Å². The second-order valence-electron chi connectivity index (χ2n) is 23.5. The molecule has 6 heterocycles. The van der Waals surface area contributed by atoms with E-state index in [1.807, 2.05) is 0 Å². The lowest BCUT2D eigenvalue weighted by atomic mass is 9.44. The van der Waals surface area contributed by atoms with Gasteiger partial charge in [-0.3, -0.25) is 4.90 Å². The van der Waals surface area contributed by atoms with Crippen LogP contribution in [0.15, 0.2) is 0 Å². The summed E-state index contributed by atoms with van der Waals surface area (Å²) in [5, 5.41) is 129. The zero-order chi connectivity index (χ0) is 49.7. The third kappa shape index (κ3) is 8.96. The van der Waals surface area contributed by atoms with E-state index in [0.717, 1.165) is 55.5 Å². The Hall–Kier alpha value is -0.840. The Morgan fingerprint density at radius 1 is 0.471 bits per heavy atom. The van der Waals surface area contributed by atoms with Crippen LogP contribution < -0.4 is 0 Å². The summed E-state index contributed by atoms with van der Waals surface area (Å²) in [4.78, 5) is 2.93. The molecule has 0 unspecified atom stereocenters. The topological polar surface area (TPSA) is 320 Å². The van der Waals surface area contributed by atoms with Crippen molar-refractivity contribution in [1.29, 1.82) is 0 Å². The molecule has 0 radical (unpaired) electrons. The molecule has 6 saturated heterocycles. The van der Waals surface area contributed by atoms with E-state index < -0.39 is 143 Å². The molecule has 4 saturated carbocycles. The number of fused-ring (bicyclic) bond motifs is 9. The van der Waals surface area contributed by atoms with Crippen LogP contribution in [-0.4, -0.2) is 234 Å². The van der Waals surface area contributed by atoms with E-state index in [0.29, 0.717) is 23.2 Å². The zero-order valence-corrected chi connectivity index (χ0v) is 40.6. The number of hydrogen-bond acceptors (Lipinski definition) is 21. The number of rotatable bonds is 12. The van der Waals surface area contributed by atoms with Crippen molar-refractivity contribution < 1.29 is 99.2 Å². The summed E-state index contributed by atoms with van der Waals surface area (Å²) in [5.41, 5.74) is 0.554. The lowest BCUT2D eigenvalue weighted by molar-refractivity contribution is -0.399. The monoisotopic (exact) mass is 1000 g/mol. The van der Waals surface area contributed by atoms with Crippen LogP contribution in [0.25, 0.3) is 0 Å². The number of hydrogen-bond donors (Lipinski definition) is 12. The fourth-order valence-electron chi connectivity index (χ4n) is 16.0. The van der Waals surface area contributed by atoms with Crippen molar-refractivity contribution in [2.24, 2.45) is 46.3 Å². The molecule has 21 heteroatoms. The molecule has 0 amide bonds. The van der Waals surface area contributed by atoms with Crippen LogP contribution in [0, 0.1) is 46.3 Å². The highest BCUT2D eigenvalue weighted by atomic mass is 16.8. The van der Waals surface area contributed by atoms with Gasteiger partial charge in [0.25, 0.3) is 0 Å². The lowest BCUT2D eigenvalue weighted by Crippen LogP contribution is -2.68. The van der Waals surface area contributed by atoms with Crippen LogP contribution in [0.5, 0.6) is 0 Å². The summed E-state index contributed by atoms with van der Waals surface area (Å²) >= 11 is 0. The minimum atomic E-state index is -1.99. The van der Waals surface area contributed by atoms with Gasteiger partial charge in [-0.15, -0.1) is 0 Å². The maximum atomic E-state index is 11.8. The average molecular weight is 1000 g/mol. The van der Waals surface area contributed by atoms with Gasteiger partial charge in [0.1, 0.15) is 91.6 Å². The van der Waals surface area contributed by atoms with E-state index in [4.69, 9.17) is 37.9 Å². The van der Waals surface area contributed by atoms with Crippen molar-refractivity contribution in [2.45, 2.75) is 226 Å². The summed E-state index contributed by atoms with van der Waals surface area (Å²) in [5.74, 6) is 4.09. The van der Waals surface area contributed by atoms with E-state index in [-0.39, 0.29) is 11.5 Å². The maximum absolute atomic E-state index is 11.8. The Labute approximate surface area is 408 Å². The Morgan fingerprint density at radius 3 is 1.71 bits per heavy atom. The molecular weight excluding hydrogens is 923 g/mol. The minimum Gasteiger partial charge on any atom is -0.394 e. The first-order valence-corrected chi connectivity index (χ1v) is 26.3. The predicted molar refractivity (Wildman–Crippen MR) is 238 cm³/mol. The number of aliphatic hydroxyl groups is 12. The highest BCUT2D eigenvalue weighted by molar-refractivity contribution is 5.16. The summed E-state index contributed by atoms with van der Waals surface area (Å²) in [6.45, 7) is 5.65. The van der Waals surface area contributed by atoms with Crippen molar-refractivity contribution in [3.8, 4) is 0 Å². The van der Waals surface area contributed by atoms with E-state index in [2.05, 4.69) is 25.7 Å². The molecule has 0 spiro atoms. The van der Waals surface area contributed by atoms with Crippen LogP contribution in [0.1, 0.15) is 91.4 Å². The molecule has 21 nitrogen and oxygen atoms in total. The van der Waals surface area contributed by atoms with Gasteiger partial charge in [-0.05, 0) is 117 Å². The van der Waals surface area contributed by atoms with Gasteiger partial charge in [0, 0.05) is 18.6 Å². The van der Waals surface area contributed by atoms with Crippen LogP contribution in [0.3, 0.4) is 0 Å². The fourth-order valence-corrected chi connectivity index (χ4v) is 16.0. The number of piperidine rings is 1. The third-order valence-corrected chi connectivity index (χ3v) is 20.0. The van der Waals surface area contributed by atoms with Gasteiger partial charge in [-0.25, -0.2) is 0 Å². The van der Waals surface area contributed by atoms with Gasteiger partial charge >= 0.3 is 0 Å². The fraction of sp³-hybridized carbons (Fsp3) is 1.00. The Bertz CT molecular complexity index is 1770. The summed E-state index contributed by atoms with van der Waals surface area (Å²) in [6.07, 6.45) is -19.8. The van der Waals surface area contributed by atoms with Crippen molar-refractivity contribution in [2.75, 3.05) is 33.0 Å². The molecule has 12 N–H and O–H groups in total. The Balaban J connectivity index is 0.819. The normalized spacial score (nSPS) is 57.0. The molecule has 0 aromatic heterocycles. The molecule has 10 fully saturated rings. The predicted octanol–water partition coefficient (Wildman–Crippen LogP) is -2.58. The van der Waals surface area contributed by atoms with Gasteiger partial charge in [0.15, 0.2) is 25.2 Å². The van der Waals surface area contributed by atoms with E-state index in [9.17, 15) is 61.3 Å². The quantitative estimate of drug-likeness (QED) is 0.0894. The molecule has 6 aliphatic heterocycles. The first-order chi connectivity index (χ1) is 33.4. The smallest absolute Gasteiger partial charge is 0.187 e. The van der Waals surface area contributed by atoms with E-state index in [1.165, 1.54) is 51.5 Å². The molecule has 10 rings (SSSR count).